The number of carbonyl (C=O) groups excluding carboxylic acids is 1. The topological polar surface area (TPSA) is 29.1 Å². The maximum atomic E-state index is 9.93. The van der Waals surface area contributed by atoms with Crippen molar-refractivity contribution >= 4 is 6.29 Å². The molecule has 0 aliphatic carbocycles. The molecule has 0 spiro atoms. The monoisotopic (exact) mass is 153 g/mol. The minimum Gasteiger partial charge on any atom is -0.314 e. The standard InChI is InChI=1S/C9H15NO/c11-8-3-1-2-5-9-6-4-7-10-9/h1-2,8-10H,3-7H2/b2-1-. The molecule has 1 aliphatic heterocycles. The third kappa shape index (κ3) is 3.33. The van der Waals surface area contributed by atoms with Crippen molar-refractivity contribution in [1.29, 1.82) is 0 Å². The van der Waals surface area contributed by atoms with E-state index in [1.54, 1.807) is 0 Å². The highest BCUT2D eigenvalue weighted by Gasteiger charge is 2.10. The number of carbonyl (C=O) groups is 1. The lowest BCUT2D eigenvalue weighted by Gasteiger charge is -2.04. The largest absolute Gasteiger partial charge is 0.314 e. The third-order valence-corrected chi connectivity index (χ3v) is 1.98. The summed E-state index contributed by atoms with van der Waals surface area (Å²) < 4.78 is 0. The summed E-state index contributed by atoms with van der Waals surface area (Å²) in [6.07, 6.45) is 9.18. The van der Waals surface area contributed by atoms with Crippen LogP contribution in [0.1, 0.15) is 25.7 Å². The van der Waals surface area contributed by atoms with Gasteiger partial charge in [0.25, 0.3) is 0 Å². The summed E-state index contributed by atoms with van der Waals surface area (Å²) >= 11 is 0. The average Bonchev–Trinajstić information content (AvgIpc) is 2.50. The van der Waals surface area contributed by atoms with Crippen molar-refractivity contribution in [1.82, 2.24) is 5.32 Å². The van der Waals surface area contributed by atoms with Crippen LogP contribution in [0.4, 0.5) is 0 Å². The van der Waals surface area contributed by atoms with Crippen LogP contribution in [0.5, 0.6) is 0 Å². The van der Waals surface area contributed by atoms with E-state index in [-0.39, 0.29) is 0 Å². The predicted octanol–water partition coefficient (Wildman–Crippen LogP) is 1.27. The SMILES string of the molecule is O=CC/C=C\CC1CCCN1. The van der Waals surface area contributed by atoms with Gasteiger partial charge in [-0.05, 0) is 25.8 Å². The molecule has 0 aromatic rings. The molecule has 0 aromatic heterocycles. The van der Waals surface area contributed by atoms with Crippen molar-refractivity contribution in [3.63, 3.8) is 0 Å². The van der Waals surface area contributed by atoms with E-state index in [2.05, 4.69) is 11.4 Å². The van der Waals surface area contributed by atoms with Crippen LogP contribution < -0.4 is 5.32 Å². The first-order chi connectivity index (χ1) is 5.43. The van der Waals surface area contributed by atoms with Crippen molar-refractivity contribution in [2.75, 3.05) is 6.54 Å². The molecule has 1 unspecified atom stereocenters. The molecule has 1 aliphatic rings. The molecule has 62 valence electrons. The van der Waals surface area contributed by atoms with Crippen LogP contribution in [-0.4, -0.2) is 18.9 Å². The van der Waals surface area contributed by atoms with Crippen molar-refractivity contribution in [3.05, 3.63) is 12.2 Å². The molecule has 1 saturated heterocycles. The molecule has 0 radical (unpaired) electrons. The van der Waals surface area contributed by atoms with Gasteiger partial charge in [0.2, 0.25) is 0 Å². The number of allylic oxidation sites excluding steroid dienone is 1. The second kappa shape index (κ2) is 5.08. The van der Waals surface area contributed by atoms with Crippen LogP contribution in [0.25, 0.3) is 0 Å². The van der Waals surface area contributed by atoms with Crippen molar-refractivity contribution < 1.29 is 4.79 Å². The summed E-state index contributed by atoms with van der Waals surface area (Å²) in [6, 6.07) is 0.665. The summed E-state index contributed by atoms with van der Waals surface area (Å²) in [5.41, 5.74) is 0. The van der Waals surface area contributed by atoms with E-state index in [0.29, 0.717) is 12.5 Å². The van der Waals surface area contributed by atoms with Gasteiger partial charge in [0.1, 0.15) is 6.29 Å². The second-order valence-electron chi connectivity index (χ2n) is 2.90. The molecule has 0 aromatic carbocycles. The van der Waals surface area contributed by atoms with Crippen LogP contribution >= 0.6 is 0 Å². The number of aldehydes is 1. The lowest BCUT2D eigenvalue weighted by Crippen LogP contribution is -2.19. The molecule has 0 amide bonds. The van der Waals surface area contributed by atoms with Crippen LogP contribution in [0.2, 0.25) is 0 Å². The average molecular weight is 153 g/mol. The first-order valence-corrected chi connectivity index (χ1v) is 4.25. The zero-order chi connectivity index (χ0) is 7.94. The molecule has 0 saturated carbocycles. The second-order valence-corrected chi connectivity index (χ2v) is 2.90. The van der Waals surface area contributed by atoms with Crippen LogP contribution in [-0.2, 0) is 4.79 Å². The maximum absolute atomic E-state index is 9.93. The van der Waals surface area contributed by atoms with Gasteiger partial charge >= 0.3 is 0 Å². The third-order valence-electron chi connectivity index (χ3n) is 1.98. The molecule has 1 fully saturated rings. The van der Waals surface area contributed by atoms with Gasteiger partial charge < -0.3 is 10.1 Å². The van der Waals surface area contributed by atoms with Crippen LogP contribution in [0.3, 0.4) is 0 Å². The number of hydrogen-bond acceptors (Lipinski definition) is 2. The zero-order valence-corrected chi connectivity index (χ0v) is 6.75. The molecule has 2 heteroatoms. The number of rotatable bonds is 4. The fourth-order valence-corrected chi connectivity index (χ4v) is 1.37. The lowest BCUT2D eigenvalue weighted by atomic mass is 10.1. The van der Waals surface area contributed by atoms with Crippen LogP contribution in [0, 0.1) is 0 Å². The smallest absolute Gasteiger partial charge is 0.123 e. The minimum atomic E-state index is 0.562. The van der Waals surface area contributed by atoms with Gasteiger partial charge in [-0.15, -0.1) is 0 Å². The highest BCUT2D eigenvalue weighted by molar-refractivity contribution is 5.51. The number of hydrogen-bond donors (Lipinski definition) is 1. The Bertz CT molecular complexity index is 136. The molecule has 1 N–H and O–H groups in total. The summed E-state index contributed by atoms with van der Waals surface area (Å²) in [7, 11) is 0. The summed E-state index contributed by atoms with van der Waals surface area (Å²) in [5.74, 6) is 0. The quantitative estimate of drug-likeness (QED) is 0.487. The van der Waals surface area contributed by atoms with Gasteiger partial charge in [-0.25, -0.2) is 0 Å². The molecule has 2 nitrogen and oxygen atoms in total. The Labute approximate surface area is 67.7 Å². The van der Waals surface area contributed by atoms with Gasteiger partial charge in [0.05, 0.1) is 0 Å². The van der Waals surface area contributed by atoms with Gasteiger partial charge in [-0.3, -0.25) is 0 Å². The summed E-state index contributed by atoms with van der Waals surface area (Å²) in [4.78, 5) is 9.93. The fraction of sp³-hybridized carbons (Fsp3) is 0.667. The Balaban J connectivity index is 2.05. The summed E-state index contributed by atoms with van der Waals surface area (Å²) in [6.45, 7) is 1.16. The molecule has 1 heterocycles. The first-order valence-electron chi connectivity index (χ1n) is 4.25. The van der Waals surface area contributed by atoms with Gasteiger partial charge in [-0.2, -0.15) is 0 Å². The Kier molecular flexibility index (Phi) is 3.91. The first kappa shape index (κ1) is 8.47. The Morgan fingerprint density at radius 2 is 2.36 bits per heavy atom. The van der Waals surface area contributed by atoms with Gasteiger partial charge in [0, 0.05) is 12.5 Å². The van der Waals surface area contributed by atoms with E-state index < -0.39 is 0 Å². The van der Waals surface area contributed by atoms with Crippen molar-refractivity contribution in [2.45, 2.75) is 31.7 Å². The normalized spacial score (nSPS) is 24.5. The molecule has 1 rings (SSSR count). The Morgan fingerprint density at radius 3 is 3.00 bits per heavy atom. The van der Waals surface area contributed by atoms with E-state index in [0.717, 1.165) is 19.3 Å². The maximum Gasteiger partial charge on any atom is 0.123 e. The van der Waals surface area contributed by atoms with Crippen LogP contribution in [0.15, 0.2) is 12.2 Å². The van der Waals surface area contributed by atoms with E-state index >= 15 is 0 Å². The molecule has 0 bridgehead atoms. The van der Waals surface area contributed by atoms with Crippen molar-refractivity contribution in [3.8, 4) is 0 Å². The zero-order valence-electron chi connectivity index (χ0n) is 6.75. The summed E-state index contributed by atoms with van der Waals surface area (Å²) in [5, 5.41) is 3.39. The van der Waals surface area contributed by atoms with Gasteiger partial charge in [-0.1, -0.05) is 12.2 Å². The fourth-order valence-electron chi connectivity index (χ4n) is 1.37. The van der Waals surface area contributed by atoms with E-state index in [1.165, 1.54) is 12.8 Å². The number of nitrogens with one attached hydrogen (secondary N) is 1. The Morgan fingerprint density at radius 1 is 1.45 bits per heavy atom. The van der Waals surface area contributed by atoms with E-state index in [1.807, 2.05) is 6.08 Å². The molecular weight excluding hydrogens is 138 g/mol. The van der Waals surface area contributed by atoms with Gasteiger partial charge in [0.15, 0.2) is 0 Å². The highest BCUT2D eigenvalue weighted by Crippen LogP contribution is 2.08. The highest BCUT2D eigenvalue weighted by atomic mass is 16.1. The molecular formula is C9H15NO. The predicted molar refractivity (Wildman–Crippen MR) is 45.5 cm³/mol. The Hall–Kier alpha value is -0.630. The van der Waals surface area contributed by atoms with Crippen molar-refractivity contribution in [2.24, 2.45) is 0 Å². The molecule has 11 heavy (non-hydrogen) atoms. The minimum absolute atomic E-state index is 0.562. The lowest BCUT2D eigenvalue weighted by molar-refractivity contribution is -0.107. The van der Waals surface area contributed by atoms with E-state index in [9.17, 15) is 4.79 Å². The van der Waals surface area contributed by atoms with E-state index in [4.69, 9.17) is 0 Å². The molecule has 1 atom stereocenters.